The molecule has 0 unspecified atom stereocenters. The Balaban J connectivity index is 2.00. The van der Waals surface area contributed by atoms with Gasteiger partial charge in [-0.2, -0.15) is 0 Å². The van der Waals surface area contributed by atoms with Crippen LogP contribution >= 0.6 is 0 Å². The van der Waals surface area contributed by atoms with Crippen LogP contribution in [0, 0.1) is 5.92 Å². The van der Waals surface area contributed by atoms with E-state index in [2.05, 4.69) is 36.1 Å². The third kappa shape index (κ3) is 4.15. The van der Waals surface area contributed by atoms with Crippen molar-refractivity contribution in [3.05, 3.63) is 24.3 Å². The first kappa shape index (κ1) is 14.2. The molecule has 1 saturated carbocycles. The summed E-state index contributed by atoms with van der Waals surface area (Å²) in [4.78, 5) is 2.55. The van der Waals surface area contributed by atoms with E-state index < -0.39 is 0 Å². The summed E-state index contributed by atoms with van der Waals surface area (Å²) in [6, 6.07) is 8.52. The predicted molar refractivity (Wildman–Crippen MR) is 82.1 cm³/mol. The first-order valence-electron chi connectivity index (χ1n) is 7.72. The second-order valence-electron chi connectivity index (χ2n) is 5.65. The van der Waals surface area contributed by atoms with Crippen molar-refractivity contribution in [3.63, 3.8) is 0 Å². The van der Waals surface area contributed by atoms with Crippen molar-refractivity contribution < 1.29 is 4.74 Å². The highest BCUT2D eigenvalue weighted by Crippen LogP contribution is 2.27. The first-order valence-corrected chi connectivity index (χ1v) is 7.72. The molecule has 0 spiro atoms. The van der Waals surface area contributed by atoms with E-state index in [1.807, 2.05) is 0 Å². The minimum Gasteiger partial charge on any atom is -0.497 e. The highest BCUT2D eigenvalue weighted by atomic mass is 16.5. The van der Waals surface area contributed by atoms with Crippen LogP contribution in [0.1, 0.15) is 45.4 Å². The molecule has 0 N–H and O–H groups in total. The first-order chi connectivity index (χ1) is 9.33. The van der Waals surface area contributed by atoms with Gasteiger partial charge in [-0.15, -0.1) is 0 Å². The summed E-state index contributed by atoms with van der Waals surface area (Å²) in [6.07, 6.45) is 8.32. The van der Waals surface area contributed by atoms with Crippen LogP contribution < -0.4 is 9.64 Å². The number of hydrogen-bond acceptors (Lipinski definition) is 2. The van der Waals surface area contributed by atoms with Gasteiger partial charge in [-0.05, 0) is 49.4 Å². The molecule has 1 fully saturated rings. The summed E-state index contributed by atoms with van der Waals surface area (Å²) in [5, 5.41) is 0. The number of hydrogen-bond donors (Lipinski definition) is 0. The number of benzene rings is 1. The Morgan fingerprint density at radius 3 is 2.37 bits per heavy atom. The number of nitrogens with zero attached hydrogens (tertiary/aromatic N) is 1. The molecule has 0 radical (unpaired) electrons. The number of methoxy groups -OCH3 is 1. The molecular formula is C17H27NO. The average Bonchev–Trinajstić information content (AvgIpc) is 2.48. The van der Waals surface area contributed by atoms with E-state index in [9.17, 15) is 0 Å². The zero-order valence-corrected chi connectivity index (χ0v) is 12.4. The van der Waals surface area contributed by atoms with Gasteiger partial charge in [0.25, 0.3) is 0 Å². The second kappa shape index (κ2) is 7.42. The van der Waals surface area contributed by atoms with E-state index in [1.165, 1.54) is 50.8 Å². The number of rotatable bonds is 6. The number of ether oxygens (including phenoxy) is 1. The molecule has 1 aliphatic carbocycles. The monoisotopic (exact) mass is 261 g/mol. The van der Waals surface area contributed by atoms with Gasteiger partial charge >= 0.3 is 0 Å². The summed E-state index contributed by atoms with van der Waals surface area (Å²) < 4.78 is 5.24. The van der Waals surface area contributed by atoms with Crippen molar-refractivity contribution in [2.75, 3.05) is 25.1 Å². The summed E-state index contributed by atoms with van der Waals surface area (Å²) in [5.74, 6) is 1.83. The Kier molecular flexibility index (Phi) is 5.56. The zero-order chi connectivity index (χ0) is 13.5. The van der Waals surface area contributed by atoms with Crippen molar-refractivity contribution in [1.29, 1.82) is 0 Å². The largest absolute Gasteiger partial charge is 0.497 e. The molecule has 19 heavy (non-hydrogen) atoms. The van der Waals surface area contributed by atoms with Crippen LogP contribution in [0.15, 0.2) is 24.3 Å². The molecule has 2 heteroatoms. The molecular weight excluding hydrogens is 234 g/mol. The van der Waals surface area contributed by atoms with Gasteiger partial charge in [0.1, 0.15) is 5.75 Å². The van der Waals surface area contributed by atoms with Crippen LogP contribution in [0.25, 0.3) is 0 Å². The molecule has 0 bridgehead atoms. The molecule has 1 aromatic rings. The summed E-state index contributed by atoms with van der Waals surface area (Å²) in [6.45, 7) is 4.64. The van der Waals surface area contributed by atoms with E-state index in [0.717, 1.165) is 18.2 Å². The predicted octanol–water partition coefficient (Wildman–Crippen LogP) is 4.49. The lowest BCUT2D eigenvalue weighted by Gasteiger charge is -2.31. The number of anilines is 1. The molecule has 0 amide bonds. The molecule has 0 heterocycles. The lowest BCUT2D eigenvalue weighted by molar-refractivity contribution is 0.358. The van der Waals surface area contributed by atoms with Crippen LogP contribution in [0.2, 0.25) is 0 Å². The van der Waals surface area contributed by atoms with E-state index in [4.69, 9.17) is 4.74 Å². The molecule has 106 valence electrons. The van der Waals surface area contributed by atoms with Crippen molar-refractivity contribution in [1.82, 2.24) is 0 Å². The minimum absolute atomic E-state index is 0.891. The Morgan fingerprint density at radius 2 is 1.79 bits per heavy atom. The van der Waals surface area contributed by atoms with Crippen LogP contribution in [0.3, 0.4) is 0 Å². The van der Waals surface area contributed by atoms with E-state index in [1.54, 1.807) is 7.11 Å². The highest BCUT2D eigenvalue weighted by Gasteiger charge is 2.17. The third-order valence-corrected chi connectivity index (χ3v) is 4.13. The molecule has 0 atom stereocenters. The van der Waals surface area contributed by atoms with Crippen LogP contribution in [-0.4, -0.2) is 20.2 Å². The molecule has 0 aromatic heterocycles. The maximum absolute atomic E-state index is 5.24. The van der Waals surface area contributed by atoms with Gasteiger partial charge in [0.2, 0.25) is 0 Å². The average molecular weight is 261 g/mol. The van der Waals surface area contributed by atoms with Crippen LogP contribution in [-0.2, 0) is 0 Å². The Bertz CT molecular complexity index is 354. The van der Waals surface area contributed by atoms with Gasteiger partial charge < -0.3 is 9.64 Å². The Labute approximate surface area is 117 Å². The van der Waals surface area contributed by atoms with Gasteiger partial charge in [0, 0.05) is 18.8 Å². The molecule has 0 aliphatic heterocycles. The highest BCUT2D eigenvalue weighted by molar-refractivity contribution is 5.49. The normalized spacial score (nSPS) is 16.3. The van der Waals surface area contributed by atoms with Crippen molar-refractivity contribution >= 4 is 5.69 Å². The second-order valence-corrected chi connectivity index (χ2v) is 5.65. The summed E-state index contributed by atoms with van der Waals surface area (Å²) in [7, 11) is 1.72. The Hall–Kier alpha value is -1.18. The third-order valence-electron chi connectivity index (χ3n) is 4.13. The van der Waals surface area contributed by atoms with Crippen LogP contribution in [0.5, 0.6) is 5.75 Å². The molecule has 2 rings (SSSR count). The molecule has 1 aliphatic rings. The zero-order valence-electron chi connectivity index (χ0n) is 12.4. The summed E-state index contributed by atoms with van der Waals surface area (Å²) in [5.41, 5.74) is 1.34. The van der Waals surface area contributed by atoms with Gasteiger partial charge in [-0.1, -0.05) is 26.2 Å². The maximum Gasteiger partial charge on any atom is 0.119 e. The van der Waals surface area contributed by atoms with Gasteiger partial charge in [-0.3, -0.25) is 0 Å². The maximum atomic E-state index is 5.24. The molecule has 2 nitrogen and oxygen atoms in total. The van der Waals surface area contributed by atoms with Crippen LogP contribution in [0.4, 0.5) is 5.69 Å². The van der Waals surface area contributed by atoms with Crippen molar-refractivity contribution in [3.8, 4) is 5.75 Å². The van der Waals surface area contributed by atoms with Gasteiger partial charge in [0.05, 0.1) is 7.11 Å². The molecule has 0 saturated heterocycles. The fourth-order valence-corrected chi connectivity index (χ4v) is 3.07. The van der Waals surface area contributed by atoms with Gasteiger partial charge in [-0.25, -0.2) is 0 Å². The van der Waals surface area contributed by atoms with E-state index in [0.29, 0.717) is 0 Å². The van der Waals surface area contributed by atoms with E-state index in [-0.39, 0.29) is 0 Å². The van der Waals surface area contributed by atoms with Crippen molar-refractivity contribution in [2.45, 2.75) is 45.4 Å². The quantitative estimate of drug-likeness (QED) is 0.748. The smallest absolute Gasteiger partial charge is 0.119 e. The lowest BCUT2D eigenvalue weighted by atomic mass is 9.89. The summed E-state index contributed by atoms with van der Waals surface area (Å²) >= 11 is 0. The molecule has 1 aromatic carbocycles. The SMILES string of the molecule is CCCN(CC1CCCCC1)c1ccc(OC)cc1. The van der Waals surface area contributed by atoms with Gasteiger partial charge in [0.15, 0.2) is 0 Å². The van der Waals surface area contributed by atoms with Crippen molar-refractivity contribution in [2.24, 2.45) is 5.92 Å². The minimum atomic E-state index is 0.891. The standard InChI is InChI=1S/C17H27NO/c1-3-13-18(14-15-7-5-4-6-8-15)16-9-11-17(19-2)12-10-16/h9-12,15H,3-8,13-14H2,1-2H3. The van der Waals surface area contributed by atoms with E-state index >= 15 is 0 Å². The lowest BCUT2D eigenvalue weighted by Crippen LogP contribution is -2.31. The fourth-order valence-electron chi connectivity index (χ4n) is 3.07. The fraction of sp³-hybridized carbons (Fsp3) is 0.647. The Morgan fingerprint density at radius 1 is 1.11 bits per heavy atom. The topological polar surface area (TPSA) is 12.5 Å².